The summed E-state index contributed by atoms with van der Waals surface area (Å²) in [6.07, 6.45) is 3.94. The van der Waals surface area contributed by atoms with Gasteiger partial charge in [0.15, 0.2) is 0 Å². The molecule has 0 amide bonds. The lowest BCUT2D eigenvalue weighted by atomic mass is 9.65. The predicted molar refractivity (Wildman–Crippen MR) is 71.5 cm³/mol. The number of fused-ring (bicyclic) bond motifs is 1. The van der Waals surface area contributed by atoms with Gasteiger partial charge in [-0.15, -0.1) is 0 Å². The fourth-order valence-electron chi connectivity index (χ4n) is 2.74. The smallest absolute Gasteiger partial charge is 0.315 e. The number of hydrogen-bond donors (Lipinski definition) is 1. The van der Waals surface area contributed by atoms with Gasteiger partial charge in [-0.25, -0.2) is 0 Å². The second-order valence-corrected chi connectivity index (χ2v) is 4.99. The number of carboxylic acid groups (broad SMARTS) is 1. The van der Waals surface area contributed by atoms with Crippen LogP contribution >= 0.6 is 0 Å². The quantitative estimate of drug-likeness (QED) is 0.918. The molecule has 19 heavy (non-hydrogen) atoms. The summed E-state index contributed by atoms with van der Waals surface area (Å²) >= 11 is 0. The molecular weight excluding hydrogens is 242 g/mol. The number of methoxy groups -OCH3 is 1. The largest absolute Gasteiger partial charge is 0.497 e. The first-order valence-corrected chi connectivity index (χ1v) is 6.34. The summed E-state index contributed by atoms with van der Waals surface area (Å²) in [6.45, 7) is 0. The van der Waals surface area contributed by atoms with E-state index in [-0.39, 0.29) is 0 Å². The summed E-state index contributed by atoms with van der Waals surface area (Å²) < 4.78 is 5.23. The fraction of sp³-hybridized carbons (Fsp3) is 0.333. The number of carbonyl (C=O) groups is 1. The Bertz CT molecular complexity index is 647. The Labute approximate surface area is 111 Å². The van der Waals surface area contributed by atoms with E-state index in [1.54, 1.807) is 13.3 Å². The van der Waals surface area contributed by atoms with Crippen molar-refractivity contribution in [3.63, 3.8) is 0 Å². The Kier molecular flexibility index (Phi) is 2.66. The highest BCUT2D eigenvalue weighted by molar-refractivity contribution is 5.93. The first kappa shape index (κ1) is 12.0. The molecule has 1 fully saturated rings. The molecule has 0 bridgehead atoms. The van der Waals surface area contributed by atoms with E-state index in [1.807, 2.05) is 24.3 Å². The van der Waals surface area contributed by atoms with Crippen molar-refractivity contribution in [1.82, 2.24) is 4.98 Å². The number of aliphatic carboxylic acids is 1. The van der Waals surface area contributed by atoms with Crippen molar-refractivity contribution in [1.29, 1.82) is 0 Å². The second kappa shape index (κ2) is 4.23. The Morgan fingerprint density at radius 2 is 2.16 bits per heavy atom. The van der Waals surface area contributed by atoms with Gasteiger partial charge in [0.2, 0.25) is 0 Å². The molecule has 1 aromatic heterocycles. The van der Waals surface area contributed by atoms with E-state index in [0.29, 0.717) is 18.5 Å². The fourth-order valence-corrected chi connectivity index (χ4v) is 2.74. The molecular formula is C15H15NO3. The van der Waals surface area contributed by atoms with E-state index in [2.05, 4.69) is 4.98 Å². The van der Waals surface area contributed by atoms with Gasteiger partial charge in [-0.05, 0) is 36.4 Å². The molecule has 4 nitrogen and oxygen atoms in total. The molecule has 0 unspecified atom stereocenters. The lowest BCUT2D eigenvalue weighted by Gasteiger charge is -2.37. The van der Waals surface area contributed by atoms with Crippen LogP contribution in [0.25, 0.3) is 10.8 Å². The van der Waals surface area contributed by atoms with Gasteiger partial charge in [0.25, 0.3) is 0 Å². The molecule has 4 heteroatoms. The molecule has 1 saturated carbocycles. The van der Waals surface area contributed by atoms with Crippen molar-refractivity contribution in [3.8, 4) is 5.75 Å². The van der Waals surface area contributed by atoms with Crippen molar-refractivity contribution in [2.24, 2.45) is 0 Å². The third-order valence-electron chi connectivity index (χ3n) is 4.04. The Balaban J connectivity index is 2.25. The molecule has 0 aliphatic heterocycles. The highest BCUT2D eigenvalue weighted by Gasteiger charge is 2.48. The van der Waals surface area contributed by atoms with Crippen molar-refractivity contribution >= 4 is 16.7 Å². The van der Waals surface area contributed by atoms with E-state index in [9.17, 15) is 9.90 Å². The summed E-state index contributed by atoms with van der Waals surface area (Å²) in [4.78, 5) is 16.0. The van der Waals surface area contributed by atoms with Crippen LogP contribution in [0.2, 0.25) is 0 Å². The molecule has 0 saturated heterocycles. The zero-order valence-corrected chi connectivity index (χ0v) is 10.7. The monoisotopic (exact) mass is 257 g/mol. The van der Waals surface area contributed by atoms with Gasteiger partial charge in [-0.2, -0.15) is 0 Å². The Hall–Kier alpha value is -2.10. The maximum Gasteiger partial charge on any atom is 0.315 e. The number of nitrogens with zero attached hydrogens (tertiary/aromatic N) is 1. The highest BCUT2D eigenvalue weighted by atomic mass is 16.5. The second-order valence-electron chi connectivity index (χ2n) is 4.99. The first-order chi connectivity index (χ1) is 9.17. The number of benzene rings is 1. The molecule has 3 rings (SSSR count). The van der Waals surface area contributed by atoms with Gasteiger partial charge in [-0.1, -0.05) is 12.5 Å². The predicted octanol–water partition coefficient (Wildman–Crippen LogP) is 2.75. The zero-order valence-electron chi connectivity index (χ0n) is 10.7. The van der Waals surface area contributed by atoms with Crippen LogP contribution < -0.4 is 4.74 Å². The summed E-state index contributed by atoms with van der Waals surface area (Å²) in [5.74, 6) is -0.0526. The number of aromatic nitrogens is 1. The van der Waals surface area contributed by atoms with Crippen molar-refractivity contribution < 1.29 is 14.6 Å². The van der Waals surface area contributed by atoms with Gasteiger partial charge in [0.05, 0.1) is 12.8 Å². The molecule has 1 N–H and O–H groups in total. The van der Waals surface area contributed by atoms with E-state index in [4.69, 9.17) is 4.74 Å². The van der Waals surface area contributed by atoms with Crippen LogP contribution in [-0.4, -0.2) is 23.2 Å². The van der Waals surface area contributed by atoms with Gasteiger partial charge < -0.3 is 9.84 Å². The number of carboxylic acids is 1. The summed E-state index contributed by atoms with van der Waals surface area (Å²) in [5.41, 5.74) is -0.144. The maximum absolute atomic E-state index is 11.6. The van der Waals surface area contributed by atoms with Crippen LogP contribution in [0.15, 0.2) is 30.5 Å². The molecule has 1 aliphatic carbocycles. The van der Waals surface area contributed by atoms with Crippen LogP contribution in [0.1, 0.15) is 25.0 Å². The van der Waals surface area contributed by atoms with E-state index >= 15 is 0 Å². The molecule has 0 radical (unpaired) electrons. The number of ether oxygens (including phenoxy) is 1. The van der Waals surface area contributed by atoms with Crippen LogP contribution in [-0.2, 0) is 10.2 Å². The third-order valence-corrected chi connectivity index (χ3v) is 4.04. The number of hydrogen-bond acceptors (Lipinski definition) is 3. The van der Waals surface area contributed by atoms with E-state index < -0.39 is 11.4 Å². The number of pyridine rings is 1. The first-order valence-electron chi connectivity index (χ1n) is 6.34. The average molecular weight is 257 g/mol. The van der Waals surface area contributed by atoms with Gasteiger partial charge in [-0.3, -0.25) is 9.78 Å². The molecule has 1 aromatic carbocycles. The van der Waals surface area contributed by atoms with Crippen LogP contribution in [0, 0.1) is 0 Å². The molecule has 1 aliphatic rings. The Morgan fingerprint density at radius 1 is 1.37 bits per heavy atom. The molecule has 0 atom stereocenters. The van der Waals surface area contributed by atoms with Crippen molar-refractivity contribution in [2.75, 3.05) is 7.11 Å². The maximum atomic E-state index is 11.6. The van der Waals surface area contributed by atoms with Crippen molar-refractivity contribution in [3.05, 3.63) is 36.2 Å². The topological polar surface area (TPSA) is 59.4 Å². The molecule has 1 heterocycles. The lowest BCUT2D eigenvalue weighted by molar-refractivity contribution is -0.147. The average Bonchev–Trinajstić information content (AvgIpc) is 2.36. The SMILES string of the molecule is COc1ccc2ccnc(C3(C(=O)O)CCC3)c2c1. The molecule has 0 spiro atoms. The highest BCUT2D eigenvalue weighted by Crippen LogP contribution is 2.45. The van der Waals surface area contributed by atoms with E-state index in [0.717, 1.165) is 22.9 Å². The summed E-state index contributed by atoms with van der Waals surface area (Å²) in [6, 6.07) is 7.58. The van der Waals surface area contributed by atoms with Crippen LogP contribution in [0.4, 0.5) is 0 Å². The number of rotatable bonds is 3. The molecule has 98 valence electrons. The van der Waals surface area contributed by atoms with Gasteiger partial charge in [0, 0.05) is 11.6 Å². The minimum atomic E-state index is -0.814. The van der Waals surface area contributed by atoms with E-state index in [1.165, 1.54) is 0 Å². The third kappa shape index (κ3) is 1.67. The summed E-state index contributed by atoms with van der Waals surface area (Å²) in [7, 11) is 1.60. The minimum absolute atomic E-state index is 0.658. The normalized spacial score (nSPS) is 16.9. The minimum Gasteiger partial charge on any atom is -0.497 e. The van der Waals surface area contributed by atoms with Crippen molar-refractivity contribution in [2.45, 2.75) is 24.7 Å². The van der Waals surface area contributed by atoms with Gasteiger partial charge >= 0.3 is 5.97 Å². The molecule has 2 aromatic rings. The van der Waals surface area contributed by atoms with Crippen LogP contribution in [0.5, 0.6) is 5.75 Å². The summed E-state index contributed by atoms with van der Waals surface area (Å²) in [5, 5.41) is 11.4. The van der Waals surface area contributed by atoms with Crippen LogP contribution in [0.3, 0.4) is 0 Å². The zero-order chi connectivity index (χ0) is 13.5. The Morgan fingerprint density at radius 3 is 2.74 bits per heavy atom. The lowest BCUT2D eigenvalue weighted by Crippen LogP contribution is -2.43. The van der Waals surface area contributed by atoms with Gasteiger partial charge in [0.1, 0.15) is 11.2 Å². The standard InChI is InChI=1S/C15H15NO3/c1-19-11-4-3-10-5-8-16-13(12(10)9-11)15(14(17)18)6-2-7-15/h3-5,8-9H,2,6-7H2,1H3,(H,17,18).